The quantitative estimate of drug-likeness (QED) is 0.682. The molecule has 0 bridgehead atoms. The van der Waals surface area contributed by atoms with Gasteiger partial charge in [-0.3, -0.25) is 4.79 Å². The van der Waals surface area contributed by atoms with Gasteiger partial charge in [0.15, 0.2) is 5.11 Å². The molecular formula is C23H31N3O3S. The summed E-state index contributed by atoms with van der Waals surface area (Å²) in [6, 6.07) is 8.04. The Labute approximate surface area is 182 Å². The summed E-state index contributed by atoms with van der Waals surface area (Å²) >= 11 is 5.80. The second-order valence-electron chi connectivity index (χ2n) is 8.38. The highest BCUT2D eigenvalue weighted by Crippen LogP contribution is 2.21. The molecule has 1 aromatic carbocycles. The van der Waals surface area contributed by atoms with Crippen LogP contribution in [0.5, 0.6) is 5.75 Å². The smallest absolute Gasteiger partial charge is 0.253 e. The van der Waals surface area contributed by atoms with Crippen molar-refractivity contribution in [3.63, 3.8) is 0 Å². The van der Waals surface area contributed by atoms with Gasteiger partial charge in [0.05, 0.1) is 19.8 Å². The topological polar surface area (TPSA) is 66.6 Å². The van der Waals surface area contributed by atoms with E-state index in [1.165, 1.54) is 19.3 Å². The highest BCUT2D eigenvalue weighted by Gasteiger charge is 2.24. The highest BCUT2D eigenvalue weighted by atomic mass is 32.1. The van der Waals surface area contributed by atoms with E-state index >= 15 is 0 Å². The van der Waals surface area contributed by atoms with E-state index in [1.807, 2.05) is 24.3 Å². The van der Waals surface area contributed by atoms with Crippen LogP contribution in [0, 0.1) is 0 Å². The van der Waals surface area contributed by atoms with Gasteiger partial charge in [-0.2, -0.15) is 0 Å². The first-order chi connectivity index (χ1) is 14.6. The standard InChI is InChI=1S/C23H31N3O3S/c1-28-19-9-10-21-16(13-19)12-17(22(27)25-21)14-26(15-20-8-5-11-29-20)23(30)24-18-6-3-2-4-7-18/h9-10,12-13,18,20H,2-8,11,14-15H2,1H3,(H,24,30)(H,25,27)/t20-/m0/s1. The summed E-state index contributed by atoms with van der Waals surface area (Å²) in [5.41, 5.74) is 1.42. The summed E-state index contributed by atoms with van der Waals surface area (Å²) < 4.78 is 11.2. The third-order valence-electron chi connectivity index (χ3n) is 6.16. The Balaban J connectivity index is 1.55. The molecule has 2 fully saturated rings. The van der Waals surface area contributed by atoms with Gasteiger partial charge >= 0.3 is 0 Å². The van der Waals surface area contributed by atoms with Crippen molar-refractivity contribution in [1.29, 1.82) is 0 Å². The number of aromatic nitrogens is 1. The van der Waals surface area contributed by atoms with E-state index in [1.54, 1.807) is 7.11 Å². The molecule has 2 heterocycles. The van der Waals surface area contributed by atoms with Crippen molar-refractivity contribution >= 4 is 28.2 Å². The maximum absolute atomic E-state index is 12.8. The zero-order valence-electron chi connectivity index (χ0n) is 17.6. The molecule has 2 aromatic rings. The van der Waals surface area contributed by atoms with Crippen LogP contribution in [0.25, 0.3) is 10.9 Å². The van der Waals surface area contributed by atoms with Gasteiger partial charge < -0.3 is 24.7 Å². The van der Waals surface area contributed by atoms with Crippen molar-refractivity contribution in [2.24, 2.45) is 0 Å². The summed E-state index contributed by atoms with van der Waals surface area (Å²) in [6.07, 6.45) is 8.40. The number of hydrogen-bond acceptors (Lipinski definition) is 4. The molecule has 1 aliphatic carbocycles. The number of fused-ring (bicyclic) bond motifs is 1. The number of ether oxygens (including phenoxy) is 2. The van der Waals surface area contributed by atoms with E-state index in [2.05, 4.69) is 15.2 Å². The summed E-state index contributed by atoms with van der Waals surface area (Å²) in [4.78, 5) is 17.9. The Morgan fingerprint density at radius 3 is 2.80 bits per heavy atom. The molecule has 6 nitrogen and oxygen atoms in total. The van der Waals surface area contributed by atoms with Crippen LogP contribution in [0.1, 0.15) is 50.5 Å². The predicted molar refractivity (Wildman–Crippen MR) is 123 cm³/mol. The lowest BCUT2D eigenvalue weighted by Crippen LogP contribution is -2.47. The molecule has 0 amide bonds. The lowest BCUT2D eigenvalue weighted by Gasteiger charge is -2.32. The Hall–Kier alpha value is -2.12. The first-order valence-corrected chi connectivity index (χ1v) is 11.4. The summed E-state index contributed by atoms with van der Waals surface area (Å²) in [5, 5.41) is 5.23. The molecular weight excluding hydrogens is 398 g/mol. The van der Waals surface area contributed by atoms with E-state index < -0.39 is 0 Å². The van der Waals surface area contributed by atoms with Crippen molar-refractivity contribution < 1.29 is 9.47 Å². The predicted octanol–water partition coefficient (Wildman–Crippen LogP) is 3.72. The summed E-state index contributed by atoms with van der Waals surface area (Å²) in [6.45, 7) is 1.96. The molecule has 2 N–H and O–H groups in total. The minimum absolute atomic E-state index is 0.0783. The molecule has 162 valence electrons. The zero-order chi connectivity index (χ0) is 20.9. The number of benzene rings is 1. The van der Waals surface area contributed by atoms with E-state index in [0.717, 1.165) is 54.1 Å². The number of thiocarbonyl (C=S) groups is 1. The molecule has 4 rings (SSSR count). The molecule has 1 aliphatic heterocycles. The van der Waals surface area contributed by atoms with Gasteiger partial charge in [-0.15, -0.1) is 0 Å². The van der Waals surface area contributed by atoms with Gasteiger partial charge in [0.25, 0.3) is 5.56 Å². The lowest BCUT2D eigenvalue weighted by molar-refractivity contribution is 0.0894. The molecule has 0 radical (unpaired) electrons. The molecule has 2 aliphatic rings. The number of nitrogens with one attached hydrogen (secondary N) is 2. The van der Waals surface area contributed by atoms with Crippen LogP contribution in [0.3, 0.4) is 0 Å². The molecule has 0 spiro atoms. The van der Waals surface area contributed by atoms with Gasteiger partial charge in [-0.05, 0) is 62.2 Å². The first kappa shape index (κ1) is 21.1. The second-order valence-corrected chi connectivity index (χ2v) is 8.76. The van der Waals surface area contributed by atoms with Crippen LogP contribution in [-0.2, 0) is 11.3 Å². The molecule has 1 saturated carbocycles. The van der Waals surface area contributed by atoms with Gasteiger partial charge in [-0.1, -0.05) is 19.3 Å². The van der Waals surface area contributed by atoms with Crippen molar-refractivity contribution in [3.05, 3.63) is 40.2 Å². The number of methoxy groups -OCH3 is 1. The first-order valence-electron chi connectivity index (χ1n) is 11.0. The van der Waals surface area contributed by atoms with E-state index in [9.17, 15) is 4.79 Å². The van der Waals surface area contributed by atoms with Crippen LogP contribution < -0.4 is 15.6 Å². The van der Waals surface area contributed by atoms with Gasteiger partial charge in [0.1, 0.15) is 5.75 Å². The van der Waals surface area contributed by atoms with E-state index in [0.29, 0.717) is 24.7 Å². The van der Waals surface area contributed by atoms with Crippen molar-refractivity contribution in [1.82, 2.24) is 15.2 Å². The van der Waals surface area contributed by atoms with Gasteiger partial charge in [0, 0.05) is 35.7 Å². The molecule has 30 heavy (non-hydrogen) atoms. The van der Waals surface area contributed by atoms with Crippen LogP contribution in [-0.4, -0.2) is 47.4 Å². The minimum atomic E-state index is -0.0783. The maximum Gasteiger partial charge on any atom is 0.253 e. The van der Waals surface area contributed by atoms with Crippen LogP contribution >= 0.6 is 12.2 Å². The summed E-state index contributed by atoms with van der Waals surface area (Å²) in [7, 11) is 1.65. The fourth-order valence-electron chi connectivity index (χ4n) is 4.45. The van der Waals surface area contributed by atoms with Crippen molar-refractivity contribution in [3.8, 4) is 5.75 Å². The average molecular weight is 430 g/mol. The van der Waals surface area contributed by atoms with Gasteiger partial charge in [-0.25, -0.2) is 0 Å². The SMILES string of the molecule is COc1ccc2[nH]c(=O)c(CN(C[C@@H]3CCCO3)C(=S)NC3CCCCC3)cc2c1. The Kier molecular flexibility index (Phi) is 6.89. The van der Waals surface area contributed by atoms with Crippen LogP contribution in [0.4, 0.5) is 0 Å². The Morgan fingerprint density at radius 2 is 2.07 bits per heavy atom. The number of rotatable bonds is 6. The van der Waals surface area contributed by atoms with Gasteiger partial charge in [0.2, 0.25) is 0 Å². The number of H-pyrrole nitrogens is 1. The lowest BCUT2D eigenvalue weighted by atomic mass is 9.96. The molecule has 1 saturated heterocycles. The molecule has 7 heteroatoms. The van der Waals surface area contributed by atoms with E-state index in [-0.39, 0.29) is 11.7 Å². The number of aromatic amines is 1. The Bertz CT molecular complexity index is 933. The molecule has 1 atom stereocenters. The number of pyridine rings is 1. The van der Waals surface area contributed by atoms with Crippen LogP contribution in [0.15, 0.2) is 29.1 Å². The minimum Gasteiger partial charge on any atom is -0.497 e. The monoisotopic (exact) mass is 429 g/mol. The fraction of sp³-hybridized carbons (Fsp3) is 0.565. The number of nitrogens with zero attached hydrogens (tertiary/aromatic N) is 1. The average Bonchev–Trinajstić information content (AvgIpc) is 3.27. The molecule has 0 unspecified atom stereocenters. The third-order valence-corrected chi connectivity index (χ3v) is 6.53. The third kappa shape index (κ3) is 5.13. The van der Waals surface area contributed by atoms with Crippen molar-refractivity contribution in [2.45, 2.75) is 63.6 Å². The van der Waals surface area contributed by atoms with E-state index in [4.69, 9.17) is 21.7 Å². The largest absolute Gasteiger partial charge is 0.497 e. The maximum atomic E-state index is 12.8. The second kappa shape index (κ2) is 9.79. The fourth-order valence-corrected chi connectivity index (χ4v) is 4.75. The molecule has 1 aromatic heterocycles. The number of hydrogen-bond donors (Lipinski definition) is 2. The summed E-state index contributed by atoms with van der Waals surface area (Å²) in [5.74, 6) is 0.770. The zero-order valence-corrected chi connectivity index (χ0v) is 18.4. The van der Waals surface area contributed by atoms with Crippen LogP contribution in [0.2, 0.25) is 0 Å². The normalized spacial score (nSPS) is 19.7. The Morgan fingerprint density at radius 1 is 1.23 bits per heavy atom. The highest BCUT2D eigenvalue weighted by molar-refractivity contribution is 7.80. The van der Waals surface area contributed by atoms with Crippen molar-refractivity contribution in [2.75, 3.05) is 20.3 Å².